The second-order valence-electron chi connectivity index (χ2n) is 5.33. The van der Waals surface area contributed by atoms with Crippen molar-refractivity contribution < 1.29 is 32.5 Å². The van der Waals surface area contributed by atoms with Crippen molar-refractivity contribution in [2.24, 2.45) is 5.89 Å². The quantitative estimate of drug-likeness (QED) is 0.591. The zero-order valence-electron chi connectivity index (χ0n) is 27.7. The van der Waals surface area contributed by atoms with Crippen molar-refractivity contribution in [2.75, 3.05) is 26.2 Å². The molecule has 0 spiro atoms. The van der Waals surface area contributed by atoms with E-state index in [0.717, 1.165) is 12.1 Å². The van der Waals surface area contributed by atoms with Crippen LogP contribution in [0.15, 0.2) is 30.3 Å². The first-order chi connectivity index (χ1) is 17.5. The van der Waals surface area contributed by atoms with Gasteiger partial charge in [0.2, 0.25) is 0 Å². The molecule has 1 aromatic carbocycles. The maximum absolute atomic E-state index is 13.6. The number of hydrogen-bond donors (Lipinski definition) is 1. The smallest absolute Gasteiger partial charge is 0.344 e. The third kappa shape index (κ3) is 5.09. The second kappa shape index (κ2) is 10.4. The Labute approximate surface area is 175 Å². The normalized spacial score (nSPS) is 36.1. The molecule has 0 aliphatic heterocycles. The van der Waals surface area contributed by atoms with Crippen LogP contribution in [0.4, 0.5) is 0 Å². The number of esters is 1. The average molecular weight is 371 g/mol. The van der Waals surface area contributed by atoms with Gasteiger partial charge in [0.1, 0.15) is 0 Å². The summed E-state index contributed by atoms with van der Waals surface area (Å²) in [6.07, 6.45) is -20.1. The molecule has 1 atom stereocenters. The summed E-state index contributed by atoms with van der Waals surface area (Å²) in [7, 11) is 0. The van der Waals surface area contributed by atoms with E-state index in [4.69, 9.17) is 22.6 Å². The average Bonchev–Trinajstić information content (AvgIpc) is 2.84. The van der Waals surface area contributed by atoms with Crippen LogP contribution >= 0.6 is 0 Å². The number of ether oxygens (including phenoxy) is 1. The first-order valence-corrected chi connectivity index (χ1v) is 8.21. The van der Waals surface area contributed by atoms with E-state index < -0.39 is 61.5 Å². The summed E-state index contributed by atoms with van der Waals surface area (Å²) >= 11 is 0. The molecule has 0 bridgehead atoms. The molecule has 1 fully saturated rings. The molecule has 0 heterocycles. The van der Waals surface area contributed by atoms with Crippen molar-refractivity contribution >= 4 is 5.97 Å². The van der Waals surface area contributed by atoms with Gasteiger partial charge >= 0.3 is 5.97 Å². The Hall–Kier alpha value is -1.83. The Morgan fingerprint density at radius 2 is 1.96 bits per heavy atom. The van der Waals surface area contributed by atoms with Crippen LogP contribution in [-0.4, -0.2) is 42.2 Å². The number of hydrogen-bond acceptors (Lipinski definition) is 4. The standard InChI is InChI=1S/C22H31NO3/c1-3-23(4-2)17-11-12-18-26-21(24)22(25,19-13-7-5-8-14-19)20-15-9-6-10-16-20/h5,7-8,13-14,20,25H,3-4,6,9-10,15-18H2,1-2H3/i6D2,9D2,10D2,15D2,16D2,18D2,20D. The zero-order valence-corrected chi connectivity index (χ0v) is 14.7. The maximum atomic E-state index is 13.6. The van der Waals surface area contributed by atoms with Gasteiger partial charge in [-0.25, -0.2) is 4.79 Å². The Balaban J connectivity index is 2.85. The van der Waals surface area contributed by atoms with Crippen LogP contribution in [-0.2, 0) is 15.1 Å². The molecule has 4 heteroatoms. The van der Waals surface area contributed by atoms with Crippen LogP contribution in [0.25, 0.3) is 0 Å². The molecular formula is C22H31NO3. The molecule has 4 nitrogen and oxygen atoms in total. The van der Waals surface area contributed by atoms with Gasteiger partial charge in [0.05, 0.1) is 9.29 Å². The highest BCUT2D eigenvalue weighted by molar-refractivity contribution is 5.81. The molecule has 0 saturated heterocycles. The Bertz CT molecular complexity index is 1100. The first kappa shape index (κ1) is 8.91. The van der Waals surface area contributed by atoms with Crippen molar-refractivity contribution in [3.05, 3.63) is 35.9 Å². The molecule has 1 aromatic rings. The van der Waals surface area contributed by atoms with Crippen molar-refractivity contribution in [3.8, 4) is 11.8 Å². The lowest BCUT2D eigenvalue weighted by molar-refractivity contribution is -0.174. The van der Waals surface area contributed by atoms with Crippen LogP contribution in [0.5, 0.6) is 0 Å². The summed E-state index contributed by atoms with van der Waals surface area (Å²) < 4.78 is 112. The lowest BCUT2D eigenvalue weighted by Gasteiger charge is -2.36. The topological polar surface area (TPSA) is 49.8 Å². The van der Waals surface area contributed by atoms with Gasteiger partial charge < -0.3 is 9.84 Å². The maximum Gasteiger partial charge on any atom is 0.344 e. The first-order valence-electron chi connectivity index (χ1n) is 14.7. The predicted octanol–water partition coefficient (Wildman–Crippen LogP) is 3.34. The lowest BCUT2D eigenvalue weighted by atomic mass is 9.73. The minimum atomic E-state index is -4.19. The van der Waals surface area contributed by atoms with Gasteiger partial charge in [0.15, 0.2) is 12.2 Å². The van der Waals surface area contributed by atoms with E-state index in [1.54, 1.807) is 4.90 Å². The summed E-state index contributed by atoms with van der Waals surface area (Å²) in [6.45, 7) is 1.72. The molecule has 1 aliphatic rings. The van der Waals surface area contributed by atoms with Gasteiger partial charge in [-0.3, -0.25) is 4.90 Å². The van der Waals surface area contributed by atoms with Gasteiger partial charge in [-0.1, -0.05) is 75.1 Å². The molecule has 26 heavy (non-hydrogen) atoms. The predicted molar refractivity (Wildman–Crippen MR) is 103 cm³/mol. The molecule has 1 N–H and O–H groups in total. The number of aliphatic hydroxyl groups is 1. The van der Waals surface area contributed by atoms with Gasteiger partial charge in [-0.2, -0.15) is 0 Å². The number of nitrogens with zero attached hydrogens (tertiary/aromatic N) is 1. The van der Waals surface area contributed by atoms with Crippen LogP contribution in [0.1, 0.15) is 69.1 Å². The molecule has 1 saturated carbocycles. The Morgan fingerprint density at radius 1 is 1.31 bits per heavy atom. The fourth-order valence-corrected chi connectivity index (χ4v) is 2.25. The van der Waals surface area contributed by atoms with E-state index >= 15 is 0 Å². The summed E-state index contributed by atoms with van der Waals surface area (Å²) in [6, 6.07) is 5.67. The van der Waals surface area contributed by atoms with E-state index in [1.807, 2.05) is 19.8 Å². The largest absolute Gasteiger partial charge is 0.450 e. The number of benzene rings is 1. The van der Waals surface area contributed by atoms with Crippen LogP contribution < -0.4 is 0 Å². The second-order valence-corrected chi connectivity index (χ2v) is 5.33. The highest BCUT2D eigenvalue weighted by Crippen LogP contribution is 2.40. The highest BCUT2D eigenvalue weighted by Gasteiger charge is 2.46. The lowest BCUT2D eigenvalue weighted by Crippen LogP contribution is -2.45. The molecular weight excluding hydrogens is 326 g/mol. The highest BCUT2D eigenvalue weighted by atomic mass is 16.5. The molecule has 0 radical (unpaired) electrons. The van der Waals surface area contributed by atoms with Crippen LogP contribution in [0.3, 0.4) is 0 Å². The Kier molecular flexibility index (Phi) is 3.55. The zero-order chi connectivity index (χ0) is 30.5. The van der Waals surface area contributed by atoms with E-state index in [9.17, 15) is 9.90 Å². The van der Waals surface area contributed by atoms with Crippen molar-refractivity contribution in [1.82, 2.24) is 4.90 Å². The van der Waals surface area contributed by atoms with Crippen molar-refractivity contribution in [2.45, 2.75) is 51.3 Å². The van der Waals surface area contributed by atoms with Gasteiger partial charge in [-0.15, -0.1) is 0 Å². The minimum absolute atomic E-state index is 0.0655. The van der Waals surface area contributed by atoms with Crippen LogP contribution in [0, 0.1) is 17.7 Å². The summed E-state index contributed by atoms with van der Waals surface area (Å²) in [5.74, 6) is -1.83. The van der Waals surface area contributed by atoms with E-state index in [1.165, 1.54) is 18.2 Å². The SMILES string of the molecule is [2H]C([2H])(C#CCN(CC)CC)OC(=O)C(O)(c1ccccc1)C1([2H])C([2H])([2H])C([2H])([2H])C([2H])([2H])C([2H])([2H])C1([2H])[2H]. The monoisotopic (exact) mass is 370 g/mol. The fourth-order valence-electron chi connectivity index (χ4n) is 2.25. The number of carbonyl (C=O) groups excluding carboxylic acids is 1. The molecule has 142 valence electrons. The minimum Gasteiger partial charge on any atom is -0.450 e. The third-order valence-electron chi connectivity index (χ3n) is 3.83. The van der Waals surface area contributed by atoms with E-state index in [-0.39, 0.29) is 6.54 Å². The van der Waals surface area contributed by atoms with E-state index in [2.05, 4.69) is 5.92 Å². The van der Waals surface area contributed by atoms with Gasteiger partial charge in [0.25, 0.3) is 0 Å². The number of rotatable bonds is 7. The van der Waals surface area contributed by atoms with Crippen molar-refractivity contribution in [1.29, 1.82) is 0 Å². The van der Waals surface area contributed by atoms with Gasteiger partial charge in [0, 0.05) is 21.0 Å². The van der Waals surface area contributed by atoms with Crippen LogP contribution in [0.2, 0.25) is 0 Å². The fraction of sp³-hybridized carbons (Fsp3) is 0.591. The summed E-state index contributed by atoms with van der Waals surface area (Å²) in [5, 5.41) is 11.9. The Morgan fingerprint density at radius 3 is 2.58 bits per heavy atom. The molecule has 0 aromatic heterocycles. The summed E-state index contributed by atoms with van der Waals surface area (Å²) in [4.78, 5) is 15.4. The van der Waals surface area contributed by atoms with Crippen molar-refractivity contribution in [3.63, 3.8) is 0 Å². The third-order valence-corrected chi connectivity index (χ3v) is 3.83. The molecule has 1 aliphatic carbocycles. The molecule has 1 unspecified atom stereocenters. The van der Waals surface area contributed by atoms with Gasteiger partial charge in [-0.05, 0) is 31.4 Å². The molecule has 0 amide bonds. The summed E-state index contributed by atoms with van der Waals surface area (Å²) in [5.41, 5.74) is -4.65. The molecule has 2 rings (SSSR count). The number of carbonyl (C=O) groups is 1. The van der Waals surface area contributed by atoms with E-state index in [0.29, 0.717) is 13.1 Å².